The van der Waals surface area contributed by atoms with Crippen molar-refractivity contribution in [3.63, 3.8) is 0 Å². The van der Waals surface area contributed by atoms with Crippen LogP contribution in [-0.2, 0) is 10.8 Å². The van der Waals surface area contributed by atoms with Crippen LogP contribution in [0.1, 0.15) is 46.0 Å². The van der Waals surface area contributed by atoms with Gasteiger partial charge in [0.1, 0.15) is 0 Å². The molecule has 1 fully saturated rings. The van der Waals surface area contributed by atoms with Gasteiger partial charge in [-0.3, -0.25) is 4.21 Å². The zero-order valence-corrected chi connectivity index (χ0v) is 11.1. The second-order valence-electron chi connectivity index (χ2n) is 4.68. The molecule has 1 rings (SSSR count). The van der Waals surface area contributed by atoms with E-state index in [2.05, 4.69) is 19.2 Å². The Hall–Kier alpha value is 0.110. The largest absolute Gasteiger partial charge is 0.313 e. The first kappa shape index (κ1) is 13.2. The highest BCUT2D eigenvalue weighted by Crippen LogP contribution is 2.29. The van der Waals surface area contributed by atoms with Crippen LogP contribution in [0.2, 0.25) is 0 Å². The molecule has 0 aromatic rings. The average molecular weight is 231 g/mol. The van der Waals surface area contributed by atoms with Crippen LogP contribution < -0.4 is 5.32 Å². The van der Waals surface area contributed by atoms with Crippen LogP contribution in [0.15, 0.2) is 0 Å². The predicted molar refractivity (Wildman–Crippen MR) is 67.6 cm³/mol. The van der Waals surface area contributed by atoms with Crippen LogP contribution >= 0.6 is 0 Å². The first-order valence-electron chi connectivity index (χ1n) is 6.24. The highest BCUT2D eigenvalue weighted by atomic mass is 32.2. The maximum atomic E-state index is 11.7. The summed E-state index contributed by atoms with van der Waals surface area (Å²) < 4.78 is 11.7. The predicted octanol–water partition coefficient (Wildman–Crippen LogP) is 2.31. The van der Waals surface area contributed by atoms with Crippen molar-refractivity contribution in [1.29, 1.82) is 0 Å². The molecule has 1 aliphatic rings. The monoisotopic (exact) mass is 231 g/mol. The fourth-order valence-electron chi connectivity index (χ4n) is 2.51. The molecular formula is C12H25NOS. The topological polar surface area (TPSA) is 29.1 Å². The van der Waals surface area contributed by atoms with E-state index >= 15 is 0 Å². The van der Waals surface area contributed by atoms with Gasteiger partial charge in [-0.1, -0.05) is 20.3 Å². The molecule has 15 heavy (non-hydrogen) atoms. The number of nitrogens with one attached hydrogen (secondary N) is 1. The van der Waals surface area contributed by atoms with E-state index < -0.39 is 10.8 Å². The Bertz CT molecular complexity index is 208. The number of hydrogen-bond acceptors (Lipinski definition) is 2. The van der Waals surface area contributed by atoms with E-state index in [0.29, 0.717) is 11.3 Å². The third-order valence-corrected chi connectivity index (χ3v) is 4.93. The van der Waals surface area contributed by atoms with E-state index in [1.807, 2.05) is 6.26 Å². The zero-order chi connectivity index (χ0) is 11.3. The average Bonchev–Trinajstić information content (AvgIpc) is 2.26. The van der Waals surface area contributed by atoms with Gasteiger partial charge in [-0.05, 0) is 38.1 Å². The van der Waals surface area contributed by atoms with E-state index in [9.17, 15) is 4.21 Å². The molecule has 0 amide bonds. The van der Waals surface area contributed by atoms with Gasteiger partial charge < -0.3 is 5.32 Å². The minimum absolute atomic E-state index is 0.384. The highest BCUT2D eigenvalue weighted by molar-refractivity contribution is 7.85. The van der Waals surface area contributed by atoms with Gasteiger partial charge in [0.15, 0.2) is 0 Å². The molecule has 0 heterocycles. The Morgan fingerprint density at radius 2 is 2.07 bits per heavy atom. The summed E-state index contributed by atoms with van der Waals surface area (Å²) in [6, 6.07) is 0.499. The van der Waals surface area contributed by atoms with Crippen LogP contribution in [0, 0.1) is 5.92 Å². The molecule has 3 heteroatoms. The Balaban J connectivity index is 2.51. The lowest BCUT2D eigenvalue weighted by Gasteiger charge is -2.35. The van der Waals surface area contributed by atoms with Gasteiger partial charge in [-0.2, -0.15) is 0 Å². The molecule has 1 N–H and O–H groups in total. The molecule has 0 aromatic carbocycles. The Kier molecular flexibility index (Phi) is 5.83. The fourth-order valence-corrected chi connectivity index (χ4v) is 3.75. The number of hydrogen-bond donors (Lipinski definition) is 1. The Morgan fingerprint density at radius 1 is 1.33 bits per heavy atom. The lowest BCUT2D eigenvalue weighted by atomic mass is 9.84. The molecule has 2 nitrogen and oxygen atoms in total. The van der Waals surface area contributed by atoms with Gasteiger partial charge in [-0.15, -0.1) is 0 Å². The second kappa shape index (κ2) is 6.64. The minimum atomic E-state index is -0.670. The van der Waals surface area contributed by atoms with Crippen molar-refractivity contribution >= 4 is 10.8 Å². The molecule has 0 aliphatic heterocycles. The molecule has 4 atom stereocenters. The third kappa shape index (κ3) is 3.87. The van der Waals surface area contributed by atoms with Crippen LogP contribution in [0.4, 0.5) is 0 Å². The van der Waals surface area contributed by atoms with E-state index in [0.717, 1.165) is 25.3 Å². The van der Waals surface area contributed by atoms with Crippen LogP contribution in [0.25, 0.3) is 0 Å². The molecule has 0 radical (unpaired) electrons. The lowest BCUT2D eigenvalue weighted by Crippen LogP contribution is -2.46. The first-order chi connectivity index (χ1) is 7.19. The van der Waals surface area contributed by atoms with Gasteiger partial charge in [-0.25, -0.2) is 0 Å². The van der Waals surface area contributed by atoms with E-state index in [4.69, 9.17) is 0 Å². The fraction of sp³-hybridized carbons (Fsp3) is 1.00. The Morgan fingerprint density at radius 3 is 2.60 bits per heavy atom. The van der Waals surface area contributed by atoms with Gasteiger partial charge in [0, 0.05) is 23.1 Å². The van der Waals surface area contributed by atoms with E-state index in [1.165, 1.54) is 19.3 Å². The summed E-state index contributed by atoms with van der Waals surface area (Å²) >= 11 is 0. The van der Waals surface area contributed by atoms with Crippen LogP contribution in [0.5, 0.6) is 0 Å². The van der Waals surface area contributed by atoms with Gasteiger partial charge in [0.25, 0.3) is 0 Å². The summed E-state index contributed by atoms with van der Waals surface area (Å²) in [6.07, 6.45) is 7.95. The molecule has 0 bridgehead atoms. The van der Waals surface area contributed by atoms with E-state index in [1.54, 1.807) is 0 Å². The van der Waals surface area contributed by atoms with Gasteiger partial charge >= 0.3 is 0 Å². The summed E-state index contributed by atoms with van der Waals surface area (Å²) in [4.78, 5) is 0. The molecular weight excluding hydrogens is 206 g/mol. The van der Waals surface area contributed by atoms with Gasteiger partial charge in [0.05, 0.1) is 5.25 Å². The standard InChI is InChI=1S/C12H25NOS/c1-4-8-13-11-7-6-10(5-2)9-12(11)15(3)14/h10-13H,4-9H2,1-3H3. The quantitative estimate of drug-likeness (QED) is 0.787. The van der Waals surface area contributed by atoms with Crippen LogP contribution in [-0.4, -0.2) is 28.3 Å². The van der Waals surface area contributed by atoms with Crippen molar-refractivity contribution in [1.82, 2.24) is 5.32 Å². The first-order valence-corrected chi connectivity index (χ1v) is 7.86. The summed E-state index contributed by atoms with van der Waals surface area (Å²) in [7, 11) is -0.670. The highest BCUT2D eigenvalue weighted by Gasteiger charge is 2.31. The SMILES string of the molecule is CCCNC1CCC(CC)CC1S(C)=O. The summed E-state index contributed by atoms with van der Waals surface area (Å²) in [5.74, 6) is 0.804. The molecule has 4 unspecified atom stereocenters. The molecule has 0 saturated heterocycles. The minimum Gasteiger partial charge on any atom is -0.313 e. The maximum Gasteiger partial charge on any atom is 0.0501 e. The van der Waals surface area contributed by atoms with Gasteiger partial charge in [0.2, 0.25) is 0 Å². The molecule has 1 aliphatic carbocycles. The molecule has 0 spiro atoms. The lowest BCUT2D eigenvalue weighted by molar-refractivity contribution is 0.292. The maximum absolute atomic E-state index is 11.7. The number of rotatable bonds is 5. The molecule has 0 aromatic heterocycles. The van der Waals surface area contributed by atoms with Crippen molar-refractivity contribution in [2.24, 2.45) is 5.92 Å². The molecule has 1 saturated carbocycles. The Labute approximate surface area is 96.7 Å². The third-order valence-electron chi connectivity index (χ3n) is 3.56. The van der Waals surface area contributed by atoms with Crippen molar-refractivity contribution in [2.45, 2.75) is 57.2 Å². The summed E-state index contributed by atoms with van der Waals surface area (Å²) in [5, 5.41) is 3.94. The normalized spacial score (nSPS) is 33.9. The van der Waals surface area contributed by atoms with Crippen molar-refractivity contribution in [2.75, 3.05) is 12.8 Å². The van der Waals surface area contributed by atoms with Crippen LogP contribution in [0.3, 0.4) is 0 Å². The summed E-state index contributed by atoms with van der Waals surface area (Å²) in [6.45, 7) is 5.50. The molecule has 90 valence electrons. The summed E-state index contributed by atoms with van der Waals surface area (Å²) in [5.41, 5.74) is 0. The second-order valence-corrected chi connectivity index (χ2v) is 6.29. The smallest absolute Gasteiger partial charge is 0.0501 e. The van der Waals surface area contributed by atoms with E-state index in [-0.39, 0.29) is 0 Å². The van der Waals surface area contributed by atoms with Crippen molar-refractivity contribution in [3.05, 3.63) is 0 Å². The van der Waals surface area contributed by atoms with Crippen molar-refractivity contribution < 1.29 is 4.21 Å². The zero-order valence-electron chi connectivity index (χ0n) is 10.3. The van der Waals surface area contributed by atoms with Crippen molar-refractivity contribution in [3.8, 4) is 0 Å².